The summed E-state index contributed by atoms with van der Waals surface area (Å²) in [5, 5.41) is 3.59. The molecule has 2 aromatic rings. The molecular weight excluding hydrogens is 373 g/mol. The number of benzene rings is 1. The number of halogens is 3. The summed E-state index contributed by atoms with van der Waals surface area (Å²) in [6.07, 6.45) is -3.06. The summed E-state index contributed by atoms with van der Waals surface area (Å²) in [5.74, 6) is 1.49. The number of ether oxygens (including phenoxy) is 1. The Morgan fingerprint density at radius 3 is 2.46 bits per heavy atom. The predicted octanol–water partition coefficient (Wildman–Crippen LogP) is 2.94. The Labute approximate surface area is 160 Å². The molecule has 0 saturated carbocycles. The second-order valence-electron chi connectivity index (χ2n) is 7.38. The normalized spacial score (nSPS) is 22.5. The smallest absolute Gasteiger partial charge is 0.419 e. The van der Waals surface area contributed by atoms with Gasteiger partial charge in [-0.25, -0.2) is 4.79 Å². The van der Waals surface area contributed by atoms with E-state index in [0.29, 0.717) is 31.1 Å². The highest BCUT2D eigenvalue weighted by Gasteiger charge is 2.42. The topological polar surface area (TPSA) is 50.6 Å². The van der Waals surface area contributed by atoms with Gasteiger partial charge >= 0.3 is 12.2 Å². The van der Waals surface area contributed by atoms with Gasteiger partial charge in [0.1, 0.15) is 5.75 Å². The van der Waals surface area contributed by atoms with Gasteiger partial charge in [0, 0.05) is 44.5 Å². The molecule has 2 fully saturated rings. The minimum Gasteiger partial charge on any atom is -0.496 e. The maximum Gasteiger partial charge on any atom is 0.419 e. The van der Waals surface area contributed by atoms with Crippen molar-refractivity contribution >= 4 is 6.03 Å². The molecule has 1 aromatic carbocycles. The second-order valence-corrected chi connectivity index (χ2v) is 7.38. The van der Waals surface area contributed by atoms with Gasteiger partial charge in [-0.05, 0) is 17.9 Å². The minimum absolute atomic E-state index is 0.316. The Hall–Kier alpha value is -2.55. The summed E-state index contributed by atoms with van der Waals surface area (Å²) in [5.41, 5.74) is 0.206. The van der Waals surface area contributed by atoms with E-state index < -0.39 is 17.8 Å². The highest BCUT2D eigenvalue weighted by molar-refractivity contribution is 5.76. The number of hydrogen-bond donors (Lipinski definition) is 0. The van der Waals surface area contributed by atoms with Gasteiger partial charge in [0.25, 0.3) is 0 Å². The lowest BCUT2D eigenvalue weighted by atomic mass is 10.0. The second kappa shape index (κ2) is 7.12. The Morgan fingerprint density at radius 1 is 1.18 bits per heavy atom. The molecule has 9 heteroatoms. The number of aromatic nitrogens is 2. The quantitative estimate of drug-likeness (QED) is 0.803. The van der Waals surface area contributed by atoms with Crippen LogP contribution in [0.1, 0.15) is 11.1 Å². The molecule has 28 heavy (non-hydrogen) atoms. The van der Waals surface area contributed by atoms with E-state index in [0.717, 1.165) is 41.8 Å². The van der Waals surface area contributed by atoms with Crippen molar-refractivity contribution in [3.63, 3.8) is 0 Å². The summed E-state index contributed by atoms with van der Waals surface area (Å²) >= 11 is 0. The number of hydrogen-bond acceptors (Lipinski definition) is 4. The molecule has 2 aliphatic heterocycles. The number of para-hydroxylation sites is 1. The molecule has 2 aliphatic rings. The number of rotatable bonds is 3. The molecule has 0 spiro atoms. The van der Waals surface area contributed by atoms with Crippen LogP contribution >= 0.6 is 0 Å². The van der Waals surface area contributed by atoms with Gasteiger partial charge < -0.3 is 9.64 Å². The van der Waals surface area contributed by atoms with E-state index in [1.165, 1.54) is 0 Å². The molecule has 1 amide bonds. The highest BCUT2D eigenvalue weighted by atomic mass is 19.4. The molecule has 0 N–H and O–H groups in total. The molecule has 0 bridgehead atoms. The van der Waals surface area contributed by atoms with Gasteiger partial charge in [0.2, 0.25) is 0 Å². The van der Waals surface area contributed by atoms with E-state index in [4.69, 9.17) is 4.74 Å². The average Bonchev–Trinajstić information content (AvgIpc) is 3.35. The Kier molecular flexibility index (Phi) is 4.78. The molecule has 3 heterocycles. The Morgan fingerprint density at radius 2 is 1.86 bits per heavy atom. The fourth-order valence-corrected chi connectivity index (χ4v) is 4.17. The lowest BCUT2D eigenvalue weighted by molar-refractivity contribution is -0.137. The SMILES string of the molecule is COc1ccccc1CN1CC2CN(C(=O)n3cc(C(F)(F)F)cn3)CC2C1. The van der Waals surface area contributed by atoms with Crippen molar-refractivity contribution < 1.29 is 22.7 Å². The molecule has 4 rings (SSSR count). The van der Waals surface area contributed by atoms with Crippen LogP contribution in [0, 0.1) is 11.8 Å². The molecule has 2 atom stereocenters. The van der Waals surface area contributed by atoms with Crippen LogP contribution < -0.4 is 4.74 Å². The van der Waals surface area contributed by atoms with E-state index in [-0.39, 0.29) is 0 Å². The van der Waals surface area contributed by atoms with Gasteiger partial charge in [0.15, 0.2) is 0 Å². The van der Waals surface area contributed by atoms with Crippen molar-refractivity contribution in [2.45, 2.75) is 12.7 Å². The number of alkyl halides is 3. The lowest BCUT2D eigenvalue weighted by Crippen LogP contribution is -2.36. The van der Waals surface area contributed by atoms with Crippen molar-refractivity contribution in [3.8, 4) is 5.75 Å². The van der Waals surface area contributed by atoms with Gasteiger partial charge in [0.05, 0.1) is 18.9 Å². The number of amides is 1. The maximum absolute atomic E-state index is 12.7. The maximum atomic E-state index is 12.7. The summed E-state index contributed by atoms with van der Waals surface area (Å²) < 4.78 is 44.3. The zero-order valence-electron chi connectivity index (χ0n) is 15.4. The third kappa shape index (κ3) is 3.58. The van der Waals surface area contributed by atoms with Crippen LogP contribution in [0.4, 0.5) is 18.0 Å². The van der Waals surface area contributed by atoms with E-state index >= 15 is 0 Å². The first kappa shape index (κ1) is 18.8. The van der Waals surface area contributed by atoms with Crippen molar-refractivity contribution in [1.29, 1.82) is 0 Å². The van der Waals surface area contributed by atoms with Gasteiger partial charge in [-0.15, -0.1) is 0 Å². The monoisotopic (exact) mass is 394 g/mol. The van der Waals surface area contributed by atoms with E-state index in [1.54, 1.807) is 12.0 Å². The third-order valence-electron chi connectivity index (χ3n) is 5.52. The summed E-state index contributed by atoms with van der Waals surface area (Å²) in [7, 11) is 1.65. The standard InChI is InChI=1S/C19H21F3N4O2/c1-28-17-5-3-2-4-13(17)7-24-8-14-10-25(11-15(14)9-24)18(27)26-12-16(6-23-26)19(20,21)22/h2-6,12,14-15H,7-11H2,1H3. The first-order valence-electron chi connectivity index (χ1n) is 9.10. The number of carbonyl (C=O) groups is 1. The van der Waals surface area contributed by atoms with Crippen LogP contribution in [-0.2, 0) is 12.7 Å². The Bertz CT molecular complexity index is 853. The number of nitrogens with zero attached hydrogens (tertiary/aromatic N) is 4. The first-order valence-corrected chi connectivity index (χ1v) is 9.10. The molecule has 6 nitrogen and oxygen atoms in total. The molecule has 0 radical (unpaired) electrons. The molecular formula is C19H21F3N4O2. The molecule has 150 valence electrons. The van der Waals surface area contributed by atoms with Crippen LogP contribution in [0.5, 0.6) is 5.75 Å². The fraction of sp³-hybridized carbons (Fsp3) is 0.474. The largest absolute Gasteiger partial charge is 0.496 e. The lowest BCUT2D eigenvalue weighted by Gasteiger charge is -2.22. The van der Waals surface area contributed by atoms with E-state index in [2.05, 4.69) is 10.00 Å². The predicted molar refractivity (Wildman–Crippen MR) is 94.8 cm³/mol. The van der Waals surface area contributed by atoms with Gasteiger partial charge in [-0.1, -0.05) is 18.2 Å². The fourth-order valence-electron chi connectivity index (χ4n) is 4.17. The summed E-state index contributed by atoms with van der Waals surface area (Å²) in [4.78, 5) is 16.4. The molecule has 2 saturated heterocycles. The number of carbonyl (C=O) groups excluding carboxylic acids is 1. The number of methoxy groups -OCH3 is 1. The molecule has 2 unspecified atom stereocenters. The van der Waals surface area contributed by atoms with Crippen molar-refractivity contribution in [2.24, 2.45) is 11.8 Å². The van der Waals surface area contributed by atoms with Crippen LogP contribution in [0.25, 0.3) is 0 Å². The third-order valence-corrected chi connectivity index (χ3v) is 5.52. The van der Waals surface area contributed by atoms with E-state index in [9.17, 15) is 18.0 Å². The number of fused-ring (bicyclic) bond motifs is 1. The summed E-state index contributed by atoms with van der Waals surface area (Å²) in [6, 6.07) is 7.39. The van der Waals surface area contributed by atoms with Crippen molar-refractivity contribution in [1.82, 2.24) is 19.6 Å². The van der Waals surface area contributed by atoms with Crippen molar-refractivity contribution in [3.05, 3.63) is 47.8 Å². The zero-order chi connectivity index (χ0) is 19.9. The van der Waals surface area contributed by atoms with Crippen LogP contribution in [0.2, 0.25) is 0 Å². The molecule has 0 aliphatic carbocycles. The summed E-state index contributed by atoms with van der Waals surface area (Å²) in [6.45, 7) is 3.54. The zero-order valence-corrected chi connectivity index (χ0v) is 15.4. The van der Waals surface area contributed by atoms with Crippen LogP contribution in [-0.4, -0.2) is 58.9 Å². The van der Waals surface area contributed by atoms with Gasteiger partial charge in [-0.2, -0.15) is 23.0 Å². The van der Waals surface area contributed by atoms with Crippen LogP contribution in [0.15, 0.2) is 36.7 Å². The Balaban J connectivity index is 1.36. The number of likely N-dealkylation sites (tertiary alicyclic amines) is 2. The first-order chi connectivity index (χ1) is 13.3. The highest BCUT2D eigenvalue weighted by Crippen LogP contribution is 2.34. The van der Waals surface area contributed by atoms with Crippen LogP contribution in [0.3, 0.4) is 0 Å². The van der Waals surface area contributed by atoms with Crippen molar-refractivity contribution in [2.75, 3.05) is 33.3 Å². The average molecular weight is 394 g/mol. The van der Waals surface area contributed by atoms with Gasteiger partial charge in [-0.3, -0.25) is 4.90 Å². The minimum atomic E-state index is -4.50. The molecule has 1 aromatic heterocycles. The van der Waals surface area contributed by atoms with E-state index in [1.807, 2.05) is 24.3 Å².